The molecule has 0 aromatic heterocycles. The zero-order valence-corrected chi connectivity index (χ0v) is 17.3. The first-order valence-corrected chi connectivity index (χ1v) is 11.7. The van der Waals surface area contributed by atoms with Crippen LogP contribution < -0.4 is 4.74 Å². The van der Waals surface area contributed by atoms with Gasteiger partial charge in [-0.15, -0.1) is 0 Å². The quantitative estimate of drug-likeness (QED) is 0.571. The Morgan fingerprint density at radius 3 is 2.26 bits per heavy atom. The third-order valence-electron chi connectivity index (χ3n) is 4.96. The van der Waals surface area contributed by atoms with E-state index < -0.39 is 20.2 Å². The Morgan fingerprint density at radius 2 is 1.70 bits per heavy atom. The number of rotatable bonds is 6. The zero-order valence-electron chi connectivity index (χ0n) is 16.3. The van der Waals surface area contributed by atoms with Gasteiger partial charge in [0.2, 0.25) is 0 Å². The van der Waals surface area contributed by atoms with Crippen molar-refractivity contribution in [2.24, 2.45) is 0 Å². The van der Waals surface area contributed by atoms with Gasteiger partial charge in [-0.2, -0.15) is 5.26 Å². The minimum absolute atomic E-state index is 0.0258. The maximum Gasteiger partial charge on any atom is 0.193 e. The van der Waals surface area contributed by atoms with Crippen LogP contribution in [0.5, 0.6) is 5.75 Å². The fourth-order valence-electron chi connectivity index (χ4n) is 2.31. The van der Waals surface area contributed by atoms with Crippen LogP contribution in [0.1, 0.15) is 38.0 Å². The average Bonchev–Trinajstić information content (AvgIpc) is 2.58. The Balaban J connectivity index is 2.29. The first-order chi connectivity index (χ1) is 12.5. The monoisotopic (exact) mass is 389 g/mol. The van der Waals surface area contributed by atoms with E-state index in [0.29, 0.717) is 0 Å². The summed E-state index contributed by atoms with van der Waals surface area (Å²) in [6.45, 7) is 10.7. The van der Waals surface area contributed by atoms with Crippen LogP contribution in [0.3, 0.4) is 0 Å². The second-order valence-electron chi connectivity index (χ2n) is 7.95. The van der Waals surface area contributed by atoms with Gasteiger partial charge in [-0.1, -0.05) is 39.0 Å². The molecule has 2 aromatic carbocycles. The number of hydrogen-bond donors (Lipinski definition) is 0. The number of nitriles is 1. The van der Waals surface area contributed by atoms with Crippen molar-refractivity contribution >= 4 is 8.32 Å². The van der Waals surface area contributed by atoms with E-state index in [1.807, 2.05) is 6.07 Å². The Labute approximate surface area is 160 Å². The van der Waals surface area contributed by atoms with Crippen molar-refractivity contribution in [3.05, 3.63) is 65.2 Å². The summed E-state index contributed by atoms with van der Waals surface area (Å²) in [6, 6.07) is 12.2. The van der Waals surface area contributed by atoms with Crippen LogP contribution >= 0.6 is 0 Å². The van der Waals surface area contributed by atoms with Gasteiger partial charge < -0.3 is 9.16 Å². The SMILES string of the molecule is CC(C)(C)[Si](C)(C)OC(COc1cccc(F)c1C#N)c1ccc(F)cc1. The van der Waals surface area contributed by atoms with E-state index in [1.54, 1.807) is 18.2 Å². The number of hydrogen-bond acceptors (Lipinski definition) is 3. The van der Waals surface area contributed by atoms with Crippen molar-refractivity contribution in [3.63, 3.8) is 0 Å². The topological polar surface area (TPSA) is 42.2 Å². The highest BCUT2D eigenvalue weighted by molar-refractivity contribution is 6.74. The van der Waals surface area contributed by atoms with Crippen molar-refractivity contribution in [2.75, 3.05) is 6.61 Å². The molecule has 0 aliphatic rings. The summed E-state index contributed by atoms with van der Waals surface area (Å²) >= 11 is 0. The Bertz CT molecular complexity index is 824. The van der Waals surface area contributed by atoms with Gasteiger partial charge in [0.1, 0.15) is 41.7 Å². The first-order valence-electron chi connectivity index (χ1n) is 8.80. The van der Waals surface area contributed by atoms with E-state index in [2.05, 4.69) is 33.9 Å². The number of nitrogens with zero attached hydrogens (tertiary/aromatic N) is 1. The highest BCUT2D eigenvalue weighted by Gasteiger charge is 2.39. The van der Waals surface area contributed by atoms with Crippen molar-refractivity contribution in [1.29, 1.82) is 5.26 Å². The van der Waals surface area contributed by atoms with Crippen molar-refractivity contribution in [2.45, 2.75) is 45.0 Å². The minimum atomic E-state index is -2.15. The van der Waals surface area contributed by atoms with Crippen molar-refractivity contribution in [1.82, 2.24) is 0 Å². The average molecular weight is 390 g/mol. The maximum absolute atomic E-state index is 13.8. The van der Waals surface area contributed by atoms with E-state index in [1.165, 1.54) is 24.3 Å². The van der Waals surface area contributed by atoms with Gasteiger partial charge in [-0.3, -0.25) is 0 Å². The van der Waals surface area contributed by atoms with Gasteiger partial charge in [-0.05, 0) is 48.0 Å². The molecule has 0 fully saturated rings. The van der Waals surface area contributed by atoms with E-state index in [-0.39, 0.29) is 28.8 Å². The molecule has 3 nitrogen and oxygen atoms in total. The molecule has 2 rings (SSSR count). The van der Waals surface area contributed by atoms with Crippen LogP contribution in [0, 0.1) is 23.0 Å². The van der Waals surface area contributed by atoms with E-state index in [0.717, 1.165) is 5.56 Å². The fraction of sp³-hybridized carbons (Fsp3) is 0.381. The number of halogens is 2. The molecule has 27 heavy (non-hydrogen) atoms. The standard InChI is InChI=1S/C21H25F2NO2Si/c1-21(2,3)27(4,5)26-20(15-9-11-16(22)12-10-15)14-25-19-8-6-7-18(23)17(19)13-24/h6-12,20H,14H2,1-5H3. The van der Waals surface area contributed by atoms with Crippen molar-refractivity contribution in [3.8, 4) is 11.8 Å². The third kappa shape index (κ3) is 5.15. The first kappa shape index (κ1) is 21.1. The zero-order chi connectivity index (χ0) is 20.2. The van der Waals surface area contributed by atoms with Crippen LogP contribution in [-0.2, 0) is 4.43 Å². The van der Waals surface area contributed by atoms with Crippen LogP contribution in [0.2, 0.25) is 18.1 Å². The Kier molecular flexibility index (Phi) is 6.40. The van der Waals surface area contributed by atoms with Crippen LogP contribution in [-0.4, -0.2) is 14.9 Å². The van der Waals surface area contributed by atoms with Crippen LogP contribution in [0.4, 0.5) is 8.78 Å². The van der Waals surface area contributed by atoms with Gasteiger partial charge in [0.15, 0.2) is 8.32 Å². The van der Waals surface area contributed by atoms with Gasteiger partial charge in [-0.25, -0.2) is 8.78 Å². The lowest BCUT2D eigenvalue weighted by Crippen LogP contribution is -2.42. The van der Waals surface area contributed by atoms with Gasteiger partial charge in [0.05, 0.1) is 0 Å². The smallest absolute Gasteiger partial charge is 0.193 e. The molecule has 144 valence electrons. The van der Waals surface area contributed by atoms with Crippen molar-refractivity contribution < 1.29 is 17.9 Å². The molecule has 6 heteroatoms. The minimum Gasteiger partial charge on any atom is -0.489 e. The van der Waals surface area contributed by atoms with Crippen LogP contribution in [0.15, 0.2) is 42.5 Å². The molecule has 0 spiro atoms. The van der Waals surface area contributed by atoms with Gasteiger partial charge in [0.25, 0.3) is 0 Å². The number of ether oxygens (including phenoxy) is 1. The molecule has 0 aliphatic carbocycles. The Morgan fingerprint density at radius 1 is 1.07 bits per heavy atom. The molecule has 0 saturated carbocycles. The Hall–Kier alpha value is -2.23. The highest BCUT2D eigenvalue weighted by Crippen LogP contribution is 2.40. The molecule has 0 amide bonds. The summed E-state index contributed by atoms with van der Waals surface area (Å²) < 4.78 is 39.4. The molecule has 1 unspecified atom stereocenters. The van der Waals surface area contributed by atoms with Gasteiger partial charge in [0, 0.05) is 0 Å². The second kappa shape index (κ2) is 8.20. The summed E-state index contributed by atoms with van der Waals surface area (Å²) in [5.74, 6) is -0.787. The van der Waals surface area contributed by atoms with E-state index >= 15 is 0 Å². The molecular weight excluding hydrogens is 364 g/mol. The molecule has 1 atom stereocenters. The van der Waals surface area contributed by atoms with E-state index in [4.69, 9.17) is 14.4 Å². The van der Waals surface area contributed by atoms with Crippen LogP contribution in [0.25, 0.3) is 0 Å². The summed E-state index contributed by atoms with van der Waals surface area (Å²) in [6.07, 6.45) is -0.457. The summed E-state index contributed by atoms with van der Waals surface area (Å²) in [4.78, 5) is 0. The molecular formula is C21H25F2NO2Si. The maximum atomic E-state index is 13.8. The molecule has 0 heterocycles. The lowest BCUT2D eigenvalue weighted by molar-refractivity contribution is 0.115. The fourth-order valence-corrected chi connectivity index (χ4v) is 3.58. The predicted octanol–water partition coefficient (Wildman–Crippen LogP) is 5.98. The molecule has 2 aromatic rings. The molecule has 0 aliphatic heterocycles. The molecule has 0 radical (unpaired) electrons. The molecule has 0 saturated heterocycles. The third-order valence-corrected chi connectivity index (χ3v) is 9.45. The largest absolute Gasteiger partial charge is 0.489 e. The lowest BCUT2D eigenvalue weighted by Gasteiger charge is -2.39. The van der Waals surface area contributed by atoms with E-state index in [9.17, 15) is 8.78 Å². The second-order valence-corrected chi connectivity index (χ2v) is 12.7. The highest BCUT2D eigenvalue weighted by atomic mass is 28.4. The summed E-state index contributed by atoms with van der Waals surface area (Å²) in [5.41, 5.74) is 0.638. The predicted molar refractivity (Wildman–Crippen MR) is 104 cm³/mol. The molecule has 0 N–H and O–H groups in total. The number of benzene rings is 2. The normalized spacial score (nSPS) is 13.1. The molecule has 0 bridgehead atoms. The summed E-state index contributed by atoms with van der Waals surface area (Å²) in [7, 11) is -2.15. The lowest BCUT2D eigenvalue weighted by atomic mass is 10.1. The van der Waals surface area contributed by atoms with Gasteiger partial charge >= 0.3 is 0 Å². The summed E-state index contributed by atoms with van der Waals surface area (Å²) in [5, 5.41) is 9.14.